The molecule has 2 rings (SSSR count). The Bertz CT molecular complexity index is 528. The van der Waals surface area contributed by atoms with Gasteiger partial charge in [0.15, 0.2) is 0 Å². The van der Waals surface area contributed by atoms with E-state index in [2.05, 4.69) is 10.5 Å². The van der Waals surface area contributed by atoms with Gasteiger partial charge in [-0.1, -0.05) is 0 Å². The standard InChI is InChI=1S/C13H13FN2O4/c14-9-1-3-10(4-2-9)19-7-8-20-13(18)11-5-6-12(17)16-15-11/h1-4H,5-8H2,(H,16,17). The minimum Gasteiger partial charge on any atom is -0.490 e. The van der Waals surface area contributed by atoms with Crippen molar-refractivity contribution in [1.82, 2.24) is 5.43 Å². The van der Waals surface area contributed by atoms with E-state index in [1.54, 1.807) is 0 Å². The van der Waals surface area contributed by atoms with Gasteiger partial charge >= 0.3 is 5.97 Å². The van der Waals surface area contributed by atoms with Crippen molar-refractivity contribution in [3.8, 4) is 5.75 Å². The van der Waals surface area contributed by atoms with Gasteiger partial charge in [-0.2, -0.15) is 5.10 Å². The molecular weight excluding hydrogens is 267 g/mol. The molecule has 0 aromatic heterocycles. The van der Waals surface area contributed by atoms with Gasteiger partial charge < -0.3 is 9.47 Å². The van der Waals surface area contributed by atoms with Gasteiger partial charge in [0.2, 0.25) is 5.91 Å². The molecule has 7 heteroatoms. The second-order valence-electron chi connectivity index (χ2n) is 4.03. The van der Waals surface area contributed by atoms with E-state index in [0.717, 1.165) is 0 Å². The van der Waals surface area contributed by atoms with Crippen LogP contribution >= 0.6 is 0 Å². The van der Waals surface area contributed by atoms with Gasteiger partial charge in [-0.15, -0.1) is 0 Å². The summed E-state index contributed by atoms with van der Waals surface area (Å²) in [6.45, 7) is 0.195. The topological polar surface area (TPSA) is 77.0 Å². The Balaban J connectivity index is 1.69. The van der Waals surface area contributed by atoms with Crippen molar-refractivity contribution in [3.63, 3.8) is 0 Å². The fraction of sp³-hybridized carbons (Fsp3) is 0.308. The zero-order valence-electron chi connectivity index (χ0n) is 10.6. The maximum Gasteiger partial charge on any atom is 0.354 e. The molecule has 106 valence electrons. The Morgan fingerprint density at radius 2 is 2.00 bits per heavy atom. The number of hydrogen-bond acceptors (Lipinski definition) is 5. The molecule has 1 aliphatic rings. The van der Waals surface area contributed by atoms with Crippen LogP contribution in [0.25, 0.3) is 0 Å². The Hall–Kier alpha value is -2.44. The third-order valence-electron chi connectivity index (χ3n) is 2.54. The minimum atomic E-state index is -0.576. The highest BCUT2D eigenvalue weighted by Crippen LogP contribution is 2.10. The highest BCUT2D eigenvalue weighted by Gasteiger charge is 2.19. The molecule has 20 heavy (non-hydrogen) atoms. The van der Waals surface area contributed by atoms with Crippen LogP contribution in [0.15, 0.2) is 29.4 Å². The van der Waals surface area contributed by atoms with Crippen molar-refractivity contribution in [3.05, 3.63) is 30.1 Å². The average Bonchev–Trinajstić information content (AvgIpc) is 2.46. The van der Waals surface area contributed by atoms with Gasteiger partial charge in [0.25, 0.3) is 0 Å². The maximum atomic E-state index is 12.6. The van der Waals surface area contributed by atoms with Crippen LogP contribution in [0.1, 0.15) is 12.8 Å². The fourth-order valence-electron chi connectivity index (χ4n) is 1.53. The van der Waals surface area contributed by atoms with Crippen LogP contribution in [-0.2, 0) is 14.3 Å². The second-order valence-corrected chi connectivity index (χ2v) is 4.03. The summed E-state index contributed by atoms with van der Waals surface area (Å²) in [5.41, 5.74) is 2.40. The molecule has 0 spiro atoms. The predicted molar refractivity (Wildman–Crippen MR) is 67.7 cm³/mol. The number of amides is 1. The van der Waals surface area contributed by atoms with Crippen LogP contribution in [0, 0.1) is 5.82 Å². The minimum absolute atomic E-state index is 0.0448. The summed E-state index contributed by atoms with van der Waals surface area (Å²) in [7, 11) is 0. The van der Waals surface area contributed by atoms with Crippen molar-refractivity contribution in [1.29, 1.82) is 0 Å². The number of nitrogens with one attached hydrogen (secondary N) is 1. The van der Waals surface area contributed by atoms with Gasteiger partial charge in [-0.25, -0.2) is 14.6 Å². The SMILES string of the molecule is O=C1CCC(C(=O)OCCOc2ccc(F)cc2)=NN1. The number of hydrazone groups is 1. The zero-order valence-corrected chi connectivity index (χ0v) is 10.6. The molecule has 1 aromatic carbocycles. The van der Waals surface area contributed by atoms with E-state index in [4.69, 9.17) is 9.47 Å². The molecule has 1 aliphatic heterocycles. The van der Waals surface area contributed by atoms with Crippen molar-refractivity contribution in [2.45, 2.75) is 12.8 Å². The number of nitrogens with zero attached hydrogens (tertiary/aromatic N) is 1. The molecule has 0 saturated carbocycles. The number of halogens is 1. The van der Waals surface area contributed by atoms with E-state index < -0.39 is 5.97 Å². The van der Waals surface area contributed by atoms with Gasteiger partial charge in [-0.05, 0) is 24.3 Å². The molecule has 0 fully saturated rings. The Morgan fingerprint density at radius 1 is 1.25 bits per heavy atom. The number of esters is 1. The van der Waals surface area contributed by atoms with E-state index in [1.807, 2.05) is 0 Å². The van der Waals surface area contributed by atoms with E-state index in [1.165, 1.54) is 24.3 Å². The lowest BCUT2D eigenvalue weighted by Crippen LogP contribution is -2.31. The number of carbonyl (C=O) groups excluding carboxylic acids is 2. The lowest BCUT2D eigenvalue weighted by molar-refractivity contribution is -0.136. The van der Waals surface area contributed by atoms with Gasteiger partial charge in [0, 0.05) is 12.8 Å². The first-order valence-corrected chi connectivity index (χ1v) is 6.06. The molecule has 1 aromatic rings. The van der Waals surface area contributed by atoms with Crippen LogP contribution in [0.2, 0.25) is 0 Å². The summed E-state index contributed by atoms with van der Waals surface area (Å²) in [4.78, 5) is 22.4. The van der Waals surface area contributed by atoms with Crippen molar-refractivity contribution >= 4 is 17.6 Å². The van der Waals surface area contributed by atoms with Gasteiger partial charge in [0.1, 0.15) is 30.5 Å². The molecule has 0 aliphatic carbocycles. The van der Waals surface area contributed by atoms with E-state index >= 15 is 0 Å². The highest BCUT2D eigenvalue weighted by molar-refractivity contribution is 6.37. The van der Waals surface area contributed by atoms with E-state index in [0.29, 0.717) is 5.75 Å². The van der Waals surface area contributed by atoms with Crippen LogP contribution < -0.4 is 10.2 Å². The Kier molecular flexibility index (Phi) is 4.65. The molecule has 1 heterocycles. The molecule has 6 nitrogen and oxygen atoms in total. The fourth-order valence-corrected chi connectivity index (χ4v) is 1.53. The number of ether oxygens (including phenoxy) is 2. The van der Waals surface area contributed by atoms with Crippen LogP contribution in [-0.4, -0.2) is 30.8 Å². The van der Waals surface area contributed by atoms with Crippen LogP contribution in [0.4, 0.5) is 4.39 Å². The van der Waals surface area contributed by atoms with Gasteiger partial charge in [-0.3, -0.25) is 4.79 Å². The lowest BCUT2D eigenvalue weighted by atomic mass is 10.2. The molecule has 0 radical (unpaired) electrons. The Morgan fingerprint density at radius 3 is 2.65 bits per heavy atom. The number of hydrogen-bond donors (Lipinski definition) is 1. The first-order chi connectivity index (χ1) is 9.65. The maximum absolute atomic E-state index is 12.6. The molecule has 0 unspecified atom stereocenters. The smallest absolute Gasteiger partial charge is 0.354 e. The zero-order chi connectivity index (χ0) is 14.4. The third kappa shape index (κ3) is 4.04. The summed E-state index contributed by atoms with van der Waals surface area (Å²) < 4.78 is 22.9. The first-order valence-electron chi connectivity index (χ1n) is 6.06. The third-order valence-corrected chi connectivity index (χ3v) is 2.54. The van der Waals surface area contributed by atoms with Crippen molar-refractivity contribution in [2.24, 2.45) is 5.10 Å². The molecular formula is C13H13FN2O4. The average molecular weight is 280 g/mol. The van der Waals surface area contributed by atoms with E-state index in [-0.39, 0.29) is 43.5 Å². The summed E-state index contributed by atoms with van der Waals surface area (Å²) in [5.74, 6) is -0.653. The molecule has 1 amide bonds. The molecule has 0 saturated heterocycles. The number of carbonyl (C=O) groups is 2. The normalized spacial score (nSPS) is 14.2. The monoisotopic (exact) mass is 280 g/mol. The summed E-state index contributed by atoms with van der Waals surface area (Å²) in [6, 6.07) is 5.53. The molecule has 0 atom stereocenters. The first kappa shape index (κ1) is 14.0. The predicted octanol–water partition coefficient (Wildman–Crippen LogP) is 1.01. The Labute approximate surface area is 114 Å². The lowest BCUT2D eigenvalue weighted by Gasteiger charge is -2.11. The largest absolute Gasteiger partial charge is 0.490 e. The molecule has 1 N–H and O–H groups in total. The van der Waals surface area contributed by atoms with E-state index in [9.17, 15) is 14.0 Å². The number of rotatable bonds is 5. The summed E-state index contributed by atoms with van der Waals surface area (Å²) in [6.07, 6.45) is 0.490. The van der Waals surface area contributed by atoms with Crippen LogP contribution in [0.5, 0.6) is 5.75 Å². The van der Waals surface area contributed by atoms with Crippen molar-refractivity contribution in [2.75, 3.05) is 13.2 Å². The second kappa shape index (κ2) is 6.65. The highest BCUT2D eigenvalue weighted by atomic mass is 19.1. The summed E-state index contributed by atoms with van der Waals surface area (Å²) >= 11 is 0. The van der Waals surface area contributed by atoms with Crippen LogP contribution in [0.3, 0.4) is 0 Å². The molecule has 0 bridgehead atoms. The quantitative estimate of drug-likeness (QED) is 0.645. The van der Waals surface area contributed by atoms with Crippen molar-refractivity contribution < 1.29 is 23.5 Å². The summed E-state index contributed by atoms with van der Waals surface area (Å²) in [5, 5.41) is 3.62. The van der Waals surface area contributed by atoms with Gasteiger partial charge in [0.05, 0.1) is 0 Å². The number of benzene rings is 1.